The van der Waals surface area contributed by atoms with E-state index in [9.17, 15) is 9.59 Å². The normalized spacial score (nSPS) is 11.9. The number of carbonyl (C=O) groups is 2. The molecule has 0 aromatic carbocycles. The van der Waals surface area contributed by atoms with Crippen LogP contribution >= 0.6 is 0 Å². The van der Waals surface area contributed by atoms with Crippen molar-refractivity contribution in [3.8, 4) is 0 Å². The topological polar surface area (TPSA) is 108 Å². The molecule has 0 aliphatic rings. The smallest absolute Gasteiger partial charge is 0.328 e. The van der Waals surface area contributed by atoms with Crippen LogP contribution in [0.4, 0.5) is 5.69 Å². The second-order valence-electron chi connectivity index (χ2n) is 4.06. The molecule has 8 heteroatoms. The molecule has 1 atom stereocenters. The van der Waals surface area contributed by atoms with Gasteiger partial charge in [0.25, 0.3) is 5.91 Å². The van der Waals surface area contributed by atoms with Gasteiger partial charge in [-0.3, -0.25) is 14.3 Å². The third-order valence-corrected chi connectivity index (χ3v) is 2.13. The van der Waals surface area contributed by atoms with Gasteiger partial charge >= 0.3 is 5.97 Å². The first-order valence-corrected chi connectivity index (χ1v) is 5.73. The van der Waals surface area contributed by atoms with E-state index in [0.29, 0.717) is 12.3 Å². The van der Waals surface area contributed by atoms with Crippen LogP contribution in [0.25, 0.3) is 0 Å². The third kappa shape index (κ3) is 5.87. The Morgan fingerprint density at radius 3 is 2.89 bits per heavy atom. The fourth-order valence-corrected chi connectivity index (χ4v) is 1.40. The molecule has 0 bridgehead atoms. The number of hydrogen-bond acceptors (Lipinski definition) is 6. The standard InChI is InChI=1S/C11H18N4O4/c1-8(6-18-2)14-10(16)7-19-11(17)5-15-4-9(12)3-13-15/h3-4,8H,5-7,12H2,1-2H3,(H,14,16). The van der Waals surface area contributed by atoms with E-state index < -0.39 is 5.97 Å². The lowest BCUT2D eigenvalue weighted by Crippen LogP contribution is -2.38. The Labute approximate surface area is 110 Å². The largest absolute Gasteiger partial charge is 0.454 e. The number of nitrogens with two attached hydrogens (primary N) is 1. The van der Waals surface area contributed by atoms with Crippen molar-refractivity contribution in [2.45, 2.75) is 19.5 Å². The van der Waals surface area contributed by atoms with Crippen LogP contribution in [0, 0.1) is 0 Å². The quantitative estimate of drug-likeness (QED) is 0.625. The fourth-order valence-electron chi connectivity index (χ4n) is 1.40. The zero-order valence-electron chi connectivity index (χ0n) is 11.0. The van der Waals surface area contributed by atoms with Gasteiger partial charge in [0.15, 0.2) is 6.61 Å². The van der Waals surface area contributed by atoms with Crippen molar-refractivity contribution >= 4 is 17.6 Å². The second kappa shape index (κ2) is 7.37. The number of esters is 1. The zero-order chi connectivity index (χ0) is 14.3. The number of rotatable bonds is 7. The molecular weight excluding hydrogens is 252 g/mol. The number of ether oxygens (including phenoxy) is 2. The molecule has 1 unspecified atom stereocenters. The number of methoxy groups -OCH3 is 1. The maximum absolute atomic E-state index is 11.4. The Morgan fingerprint density at radius 1 is 1.58 bits per heavy atom. The van der Waals surface area contributed by atoms with Crippen molar-refractivity contribution in [1.82, 2.24) is 15.1 Å². The predicted octanol–water partition coefficient (Wildman–Crippen LogP) is -0.840. The van der Waals surface area contributed by atoms with Crippen LogP contribution in [-0.2, 0) is 25.6 Å². The van der Waals surface area contributed by atoms with Crippen LogP contribution in [0.5, 0.6) is 0 Å². The summed E-state index contributed by atoms with van der Waals surface area (Å²) >= 11 is 0. The third-order valence-electron chi connectivity index (χ3n) is 2.13. The molecule has 1 aromatic heterocycles. The van der Waals surface area contributed by atoms with Crippen molar-refractivity contribution in [2.75, 3.05) is 26.1 Å². The lowest BCUT2D eigenvalue weighted by molar-refractivity contribution is -0.149. The average molecular weight is 270 g/mol. The van der Waals surface area contributed by atoms with E-state index in [-0.39, 0.29) is 25.1 Å². The van der Waals surface area contributed by atoms with Gasteiger partial charge in [-0.2, -0.15) is 5.10 Å². The highest BCUT2D eigenvalue weighted by molar-refractivity contribution is 5.80. The molecule has 0 saturated heterocycles. The molecule has 19 heavy (non-hydrogen) atoms. The van der Waals surface area contributed by atoms with Gasteiger partial charge < -0.3 is 20.5 Å². The van der Waals surface area contributed by atoms with Gasteiger partial charge in [-0.25, -0.2) is 0 Å². The van der Waals surface area contributed by atoms with Gasteiger partial charge in [0, 0.05) is 19.3 Å². The van der Waals surface area contributed by atoms with Crippen LogP contribution in [0.2, 0.25) is 0 Å². The summed E-state index contributed by atoms with van der Waals surface area (Å²) in [6.45, 7) is 1.77. The molecule has 1 heterocycles. The van der Waals surface area contributed by atoms with E-state index >= 15 is 0 Å². The van der Waals surface area contributed by atoms with Gasteiger partial charge in [-0.15, -0.1) is 0 Å². The first-order valence-electron chi connectivity index (χ1n) is 5.73. The number of carbonyl (C=O) groups excluding carboxylic acids is 2. The molecule has 106 valence electrons. The minimum Gasteiger partial charge on any atom is -0.454 e. The Bertz CT molecular complexity index is 432. The van der Waals surface area contributed by atoms with Gasteiger partial charge in [0.2, 0.25) is 0 Å². The number of nitrogen functional groups attached to an aromatic ring is 1. The Hall–Kier alpha value is -2.09. The van der Waals surface area contributed by atoms with E-state index in [4.69, 9.17) is 15.2 Å². The van der Waals surface area contributed by atoms with Crippen LogP contribution in [0.15, 0.2) is 12.4 Å². The van der Waals surface area contributed by atoms with Crippen molar-refractivity contribution in [3.05, 3.63) is 12.4 Å². The lowest BCUT2D eigenvalue weighted by atomic mass is 10.3. The number of anilines is 1. The predicted molar refractivity (Wildman–Crippen MR) is 67.1 cm³/mol. The first-order chi connectivity index (χ1) is 9.01. The second-order valence-corrected chi connectivity index (χ2v) is 4.06. The van der Waals surface area contributed by atoms with Gasteiger partial charge in [-0.05, 0) is 6.92 Å². The molecule has 0 aliphatic heterocycles. The van der Waals surface area contributed by atoms with Crippen LogP contribution in [0.1, 0.15) is 6.92 Å². The summed E-state index contributed by atoms with van der Waals surface area (Å²) in [5, 5.41) is 6.45. The summed E-state index contributed by atoms with van der Waals surface area (Å²) in [7, 11) is 1.54. The van der Waals surface area contributed by atoms with Crippen LogP contribution < -0.4 is 11.1 Å². The van der Waals surface area contributed by atoms with Gasteiger partial charge in [0.1, 0.15) is 6.54 Å². The molecule has 8 nitrogen and oxygen atoms in total. The molecule has 0 saturated carbocycles. The average Bonchev–Trinajstić information content (AvgIpc) is 2.72. The first kappa shape index (κ1) is 15.0. The number of nitrogens with zero attached hydrogens (tertiary/aromatic N) is 2. The fraction of sp³-hybridized carbons (Fsp3) is 0.545. The molecule has 1 aromatic rings. The monoisotopic (exact) mass is 270 g/mol. The van der Waals surface area contributed by atoms with E-state index in [0.717, 1.165) is 0 Å². The number of amides is 1. The molecule has 0 aliphatic carbocycles. The van der Waals surface area contributed by atoms with Crippen molar-refractivity contribution in [1.29, 1.82) is 0 Å². The highest BCUT2D eigenvalue weighted by Gasteiger charge is 2.11. The molecular formula is C11H18N4O4. The zero-order valence-corrected chi connectivity index (χ0v) is 11.0. The van der Waals surface area contributed by atoms with Gasteiger partial charge in [-0.1, -0.05) is 0 Å². The molecule has 3 N–H and O–H groups in total. The Morgan fingerprint density at radius 2 is 2.32 bits per heavy atom. The summed E-state index contributed by atoms with van der Waals surface area (Å²) < 4.78 is 11.0. The number of nitrogens with one attached hydrogen (secondary N) is 1. The number of aromatic nitrogens is 2. The summed E-state index contributed by atoms with van der Waals surface area (Å²) in [6.07, 6.45) is 2.93. The molecule has 0 radical (unpaired) electrons. The molecule has 1 amide bonds. The Kier molecular flexibility index (Phi) is 5.80. The van der Waals surface area contributed by atoms with E-state index in [1.54, 1.807) is 14.0 Å². The van der Waals surface area contributed by atoms with Crippen LogP contribution in [-0.4, -0.2) is 48.0 Å². The van der Waals surface area contributed by atoms with Crippen LogP contribution in [0.3, 0.4) is 0 Å². The molecule has 1 rings (SSSR count). The highest BCUT2D eigenvalue weighted by Crippen LogP contribution is 1.97. The SMILES string of the molecule is COCC(C)NC(=O)COC(=O)Cn1cc(N)cn1. The van der Waals surface area contributed by atoms with Crippen molar-refractivity contribution in [2.24, 2.45) is 0 Å². The lowest BCUT2D eigenvalue weighted by Gasteiger charge is -2.12. The minimum absolute atomic E-state index is 0.0852. The van der Waals surface area contributed by atoms with Crippen molar-refractivity contribution < 1.29 is 19.1 Å². The van der Waals surface area contributed by atoms with E-state index in [1.807, 2.05) is 0 Å². The maximum Gasteiger partial charge on any atom is 0.328 e. The summed E-state index contributed by atoms with van der Waals surface area (Å²) in [6, 6.07) is -0.137. The highest BCUT2D eigenvalue weighted by atomic mass is 16.5. The summed E-state index contributed by atoms with van der Waals surface area (Å²) in [5.41, 5.74) is 5.91. The Balaban J connectivity index is 2.24. The van der Waals surface area contributed by atoms with Crippen molar-refractivity contribution in [3.63, 3.8) is 0 Å². The number of hydrogen-bond donors (Lipinski definition) is 2. The van der Waals surface area contributed by atoms with E-state index in [1.165, 1.54) is 17.1 Å². The maximum atomic E-state index is 11.4. The molecule has 0 spiro atoms. The van der Waals surface area contributed by atoms with Gasteiger partial charge in [0.05, 0.1) is 18.5 Å². The summed E-state index contributed by atoms with van der Waals surface area (Å²) in [4.78, 5) is 22.8. The minimum atomic E-state index is -0.558. The van der Waals surface area contributed by atoms with E-state index in [2.05, 4.69) is 10.4 Å². The summed E-state index contributed by atoms with van der Waals surface area (Å²) in [5.74, 6) is -0.935. The molecule has 0 fully saturated rings.